The molecule has 0 radical (unpaired) electrons. The van der Waals surface area contributed by atoms with Gasteiger partial charge in [-0.25, -0.2) is 8.42 Å². The molecule has 2 amide bonds. The van der Waals surface area contributed by atoms with Crippen LogP contribution in [0.4, 0.5) is 5.69 Å². The fraction of sp³-hybridized carbons (Fsp3) is 0.394. The van der Waals surface area contributed by atoms with Gasteiger partial charge in [0.1, 0.15) is 12.6 Å². The number of hydrogen-bond acceptors (Lipinski definition) is 4. The number of nitrogens with one attached hydrogen (secondary N) is 1. The summed E-state index contributed by atoms with van der Waals surface area (Å²) >= 11 is 0. The van der Waals surface area contributed by atoms with E-state index >= 15 is 0 Å². The average molecular weight is 578 g/mol. The van der Waals surface area contributed by atoms with Crippen LogP contribution in [-0.4, -0.2) is 50.5 Å². The first-order valence-electron chi connectivity index (χ1n) is 14.2. The number of para-hydroxylation sites is 1. The number of hydrogen-bond donors (Lipinski definition) is 1. The molecule has 0 aliphatic heterocycles. The molecule has 8 heteroatoms. The molecule has 0 saturated carbocycles. The van der Waals surface area contributed by atoms with Crippen molar-refractivity contribution in [1.82, 2.24) is 10.2 Å². The van der Waals surface area contributed by atoms with Crippen molar-refractivity contribution in [1.29, 1.82) is 0 Å². The maximum absolute atomic E-state index is 14.3. The predicted molar refractivity (Wildman–Crippen MR) is 166 cm³/mol. The second kappa shape index (κ2) is 14.8. The van der Waals surface area contributed by atoms with Crippen LogP contribution in [0.5, 0.6) is 0 Å². The van der Waals surface area contributed by atoms with E-state index in [1.165, 1.54) is 4.31 Å². The van der Waals surface area contributed by atoms with Crippen molar-refractivity contribution in [2.24, 2.45) is 0 Å². The van der Waals surface area contributed by atoms with Crippen LogP contribution in [0.1, 0.15) is 61.8 Å². The van der Waals surface area contributed by atoms with Gasteiger partial charge in [-0.3, -0.25) is 13.9 Å². The standard InChI is InChI=1S/C33H43N3O4S/c1-6-7-21-34-33(38)31(22-27-16-9-8-10-17-27)35(23-28-18-12-11-15-26(28)4)32(37)24-36(41(5,39)40)30-20-14-13-19-29(30)25(2)3/h8-20,25,31H,6-7,21-24H2,1-5H3,(H,34,38). The molecule has 0 aromatic heterocycles. The summed E-state index contributed by atoms with van der Waals surface area (Å²) in [5.41, 5.74) is 4.10. The molecule has 1 N–H and O–H groups in total. The maximum atomic E-state index is 14.3. The predicted octanol–water partition coefficient (Wildman–Crippen LogP) is 5.44. The minimum Gasteiger partial charge on any atom is -0.354 e. The Balaban J connectivity index is 2.08. The number of sulfonamides is 1. The first-order valence-corrected chi connectivity index (χ1v) is 16.1. The van der Waals surface area contributed by atoms with Gasteiger partial charge < -0.3 is 10.2 Å². The normalized spacial score (nSPS) is 12.1. The van der Waals surface area contributed by atoms with E-state index in [1.807, 2.05) is 87.5 Å². The van der Waals surface area contributed by atoms with Crippen molar-refractivity contribution in [3.8, 4) is 0 Å². The molecule has 220 valence electrons. The highest BCUT2D eigenvalue weighted by atomic mass is 32.2. The van der Waals surface area contributed by atoms with Crippen LogP contribution in [0.25, 0.3) is 0 Å². The lowest BCUT2D eigenvalue weighted by molar-refractivity contribution is -0.140. The van der Waals surface area contributed by atoms with Gasteiger partial charge in [0.05, 0.1) is 11.9 Å². The maximum Gasteiger partial charge on any atom is 0.244 e. The molecular weight excluding hydrogens is 534 g/mol. The number of aryl methyl sites for hydroxylation is 1. The van der Waals surface area contributed by atoms with Gasteiger partial charge in [-0.2, -0.15) is 0 Å². The van der Waals surface area contributed by atoms with Gasteiger partial charge in [0.15, 0.2) is 0 Å². The molecule has 1 atom stereocenters. The molecule has 0 bridgehead atoms. The Bertz CT molecular complexity index is 1410. The lowest BCUT2D eigenvalue weighted by Gasteiger charge is -2.34. The molecular formula is C33H43N3O4S. The highest BCUT2D eigenvalue weighted by Gasteiger charge is 2.33. The largest absolute Gasteiger partial charge is 0.354 e. The summed E-state index contributed by atoms with van der Waals surface area (Å²) in [6, 6.07) is 23.7. The van der Waals surface area contributed by atoms with E-state index in [1.54, 1.807) is 17.0 Å². The van der Waals surface area contributed by atoms with Crippen LogP contribution < -0.4 is 9.62 Å². The Labute approximate surface area is 245 Å². The number of anilines is 1. The van der Waals surface area contributed by atoms with E-state index in [4.69, 9.17) is 0 Å². The summed E-state index contributed by atoms with van der Waals surface area (Å²) in [7, 11) is -3.82. The molecule has 0 heterocycles. The monoisotopic (exact) mass is 577 g/mol. The molecule has 0 fully saturated rings. The Kier molecular flexibility index (Phi) is 11.5. The molecule has 0 saturated heterocycles. The van der Waals surface area contributed by atoms with Crippen LogP contribution in [0.2, 0.25) is 0 Å². The second-order valence-corrected chi connectivity index (χ2v) is 12.7. The summed E-state index contributed by atoms with van der Waals surface area (Å²) in [6.45, 7) is 8.26. The van der Waals surface area contributed by atoms with Gasteiger partial charge in [-0.05, 0) is 47.6 Å². The van der Waals surface area contributed by atoms with Crippen LogP contribution in [-0.2, 0) is 32.6 Å². The van der Waals surface area contributed by atoms with E-state index in [0.717, 1.165) is 41.4 Å². The molecule has 1 unspecified atom stereocenters. The fourth-order valence-corrected chi connectivity index (χ4v) is 5.70. The lowest BCUT2D eigenvalue weighted by Crippen LogP contribution is -2.53. The molecule has 3 aromatic rings. The number of carbonyl (C=O) groups excluding carboxylic acids is 2. The zero-order chi connectivity index (χ0) is 30.0. The smallest absolute Gasteiger partial charge is 0.244 e. The molecule has 0 aliphatic rings. The van der Waals surface area contributed by atoms with Crippen molar-refractivity contribution in [3.63, 3.8) is 0 Å². The third kappa shape index (κ3) is 8.92. The lowest BCUT2D eigenvalue weighted by atomic mass is 10.0. The van der Waals surface area contributed by atoms with Crippen LogP contribution in [0.15, 0.2) is 78.9 Å². The molecule has 0 aliphatic carbocycles. The van der Waals surface area contributed by atoms with Gasteiger partial charge in [0, 0.05) is 19.5 Å². The van der Waals surface area contributed by atoms with E-state index in [2.05, 4.69) is 12.2 Å². The Hall–Kier alpha value is -3.65. The summed E-state index contributed by atoms with van der Waals surface area (Å²) < 4.78 is 27.4. The topological polar surface area (TPSA) is 86.8 Å². The number of unbranched alkanes of at least 4 members (excludes halogenated alkanes) is 1. The number of carbonyl (C=O) groups is 2. The van der Waals surface area contributed by atoms with Gasteiger partial charge in [-0.15, -0.1) is 0 Å². The van der Waals surface area contributed by atoms with Gasteiger partial charge >= 0.3 is 0 Å². The zero-order valence-electron chi connectivity index (χ0n) is 24.8. The summed E-state index contributed by atoms with van der Waals surface area (Å²) in [5, 5.41) is 3.01. The second-order valence-electron chi connectivity index (χ2n) is 10.8. The van der Waals surface area contributed by atoms with Crippen LogP contribution in [0.3, 0.4) is 0 Å². The molecule has 3 aromatic carbocycles. The average Bonchev–Trinajstić information content (AvgIpc) is 2.94. The number of nitrogens with zero attached hydrogens (tertiary/aromatic N) is 2. The first kappa shape index (κ1) is 31.9. The quantitative estimate of drug-likeness (QED) is 0.259. The van der Waals surface area contributed by atoms with Gasteiger partial charge in [-0.1, -0.05) is 100.0 Å². The van der Waals surface area contributed by atoms with Crippen molar-refractivity contribution in [2.45, 2.75) is 65.5 Å². The van der Waals surface area contributed by atoms with Crippen LogP contribution in [0, 0.1) is 6.92 Å². The van der Waals surface area contributed by atoms with E-state index < -0.39 is 28.5 Å². The van der Waals surface area contributed by atoms with Crippen LogP contribution >= 0.6 is 0 Å². The molecule has 41 heavy (non-hydrogen) atoms. The summed E-state index contributed by atoms with van der Waals surface area (Å²) in [4.78, 5) is 29.5. The highest BCUT2D eigenvalue weighted by Crippen LogP contribution is 2.29. The fourth-order valence-electron chi connectivity index (χ4n) is 4.83. The van der Waals surface area contributed by atoms with E-state index in [-0.39, 0.29) is 18.4 Å². The third-order valence-electron chi connectivity index (χ3n) is 7.21. The Morgan fingerprint density at radius 3 is 2.17 bits per heavy atom. The van der Waals surface area contributed by atoms with Crippen molar-refractivity contribution in [2.75, 3.05) is 23.7 Å². The minimum atomic E-state index is -3.82. The van der Waals surface area contributed by atoms with Crippen molar-refractivity contribution < 1.29 is 18.0 Å². The first-order chi connectivity index (χ1) is 19.5. The molecule has 7 nitrogen and oxygen atoms in total. The van der Waals surface area contributed by atoms with Crippen molar-refractivity contribution >= 4 is 27.5 Å². The zero-order valence-corrected chi connectivity index (χ0v) is 25.7. The molecule has 3 rings (SSSR count). The van der Waals surface area contributed by atoms with E-state index in [0.29, 0.717) is 18.7 Å². The SMILES string of the molecule is CCCCNC(=O)C(Cc1ccccc1)N(Cc1ccccc1C)C(=O)CN(c1ccccc1C(C)C)S(C)(=O)=O. The summed E-state index contributed by atoms with van der Waals surface area (Å²) in [6.07, 6.45) is 3.16. The number of amides is 2. The Morgan fingerprint density at radius 1 is 0.902 bits per heavy atom. The minimum absolute atomic E-state index is 0.0452. The molecule has 0 spiro atoms. The summed E-state index contributed by atoms with van der Waals surface area (Å²) in [5.74, 6) is -0.648. The van der Waals surface area contributed by atoms with Gasteiger partial charge in [0.2, 0.25) is 21.8 Å². The van der Waals surface area contributed by atoms with E-state index in [9.17, 15) is 18.0 Å². The van der Waals surface area contributed by atoms with Crippen molar-refractivity contribution in [3.05, 3.63) is 101 Å². The third-order valence-corrected chi connectivity index (χ3v) is 8.34. The van der Waals surface area contributed by atoms with Gasteiger partial charge in [0.25, 0.3) is 0 Å². The number of benzene rings is 3. The Morgan fingerprint density at radius 2 is 1.54 bits per heavy atom. The number of rotatable bonds is 14. The highest BCUT2D eigenvalue weighted by molar-refractivity contribution is 7.92.